The van der Waals surface area contributed by atoms with Gasteiger partial charge in [0.2, 0.25) is 11.8 Å². The van der Waals surface area contributed by atoms with E-state index < -0.39 is 29.9 Å². The Kier molecular flexibility index (Phi) is 4.50. The summed E-state index contributed by atoms with van der Waals surface area (Å²) in [7, 11) is 0. The molecule has 1 fully saturated rings. The SMILES string of the molecule is C[C@@]1(c2ccc3c(c2)OCCO3)NC(=O)N(CC(=O)N2CC(=O)Nc3ccccc32)C1=O. The van der Waals surface area contributed by atoms with E-state index in [1.807, 2.05) is 0 Å². The van der Waals surface area contributed by atoms with Gasteiger partial charge < -0.3 is 20.1 Å². The number of ether oxygens (including phenoxy) is 2. The van der Waals surface area contributed by atoms with Crippen molar-refractivity contribution in [2.24, 2.45) is 0 Å². The zero-order valence-electron chi connectivity index (χ0n) is 17.2. The lowest BCUT2D eigenvalue weighted by atomic mass is 9.91. The average Bonchev–Trinajstić information content (AvgIpc) is 3.02. The topological polar surface area (TPSA) is 117 Å². The molecule has 0 aromatic heterocycles. The van der Waals surface area contributed by atoms with E-state index in [0.29, 0.717) is 41.7 Å². The van der Waals surface area contributed by atoms with Crippen molar-refractivity contribution in [3.63, 3.8) is 0 Å². The van der Waals surface area contributed by atoms with Crippen LogP contribution in [0.5, 0.6) is 11.5 Å². The van der Waals surface area contributed by atoms with Gasteiger partial charge in [0.15, 0.2) is 11.5 Å². The minimum Gasteiger partial charge on any atom is -0.486 e. The van der Waals surface area contributed by atoms with Crippen LogP contribution < -0.4 is 25.0 Å². The summed E-state index contributed by atoms with van der Waals surface area (Å²) in [6.45, 7) is 1.71. The molecular weight excluding hydrogens is 416 g/mol. The minimum atomic E-state index is -1.37. The molecule has 10 heteroatoms. The maximum Gasteiger partial charge on any atom is 0.325 e. The molecule has 32 heavy (non-hydrogen) atoms. The first-order valence-electron chi connectivity index (χ1n) is 10.1. The van der Waals surface area contributed by atoms with Crippen molar-refractivity contribution >= 4 is 35.1 Å². The highest BCUT2D eigenvalue weighted by Crippen LogP contribution is 2.37. The Bertz CT molecular complexity index is 1160. The Morgan fingerprint density at radius 1 is 1.06 bits per heavy atom. The number of fused-ring (bicyclic) bond motifs is 2. The van der Waals surface area contributed by atoms with Gasteiger partial charge in [-0.25, -0.2) is 4.79 Å². The minimum absolute atomic E-state index is 0.196. The van der Waals surface area contributed by atoms with Gasteiger partial charge in [-0.15, -0.1) is 0 Å². The third kappa shape index (κ3) is 3.11. The smallest absolute Gasteiger partial charge is 0.325 e. The van der Waals surface area contributed by atoms with E-state index in [0.717, 1.165) is 4.90 Å². The maximum atomic E-state index is 13.3. The number of rotatable bonds is 3. The Morgan fingerprint density at radius 2 is 1.81 bits per heavy atom. The second-order valence-corrected chi connectivity index (χ2v) is 7.85. The molecule has 5 amide bonds. The number of benzene rings is 2. The fourth-order valence-corrected chi connectivity index (χ4v) is 4.07. The van der Waals surface area contributed by atoms with Crippen LogP contribution >= 0.6 is 0 Å². The van der Waals surface area contributed by atoms with Gasteiger partial charge in [0, 0.05) is 0 Å². The predicted octanol–water partition coefficient (Wildman–Crippen LogP) is 1.21. The molecule has 1 atom stereocenters. The van der Waals surface area contributed by atoms with E-state index in [1.54, 1.807) is 49.4 Å². The van der Waals surface area contributed by atoms with Gasteiger partial charge >= 0.3 is 6.03 Å². The maximum absolute atomic E-state index is 13.3. The number of hydrogen-bond acceptors (Lipinski definition) is 6. The highest BCUT2D eigenvalue weighted by Gasteiger charge is 2.50. The first-order valence-corrected chi connectivity index (χ1v) is 10.1. The fraction of sp³-hybridized carbons (Fsp3) is 0.273. The summed E-state index contributed by atoms with van der Waals surface area (Å²) in [6, 6.07) is 11.2. The summed E-state index contributed by atoms with van der Waals surface area (Å²) in [5.74, 6) is -0.406. The van der Waals surface area contributed by atoms with E-state index in [9.17, 15) is 19.2 Å². The Morgan fingerprint density at radius 3 is 2.62 bits per heavy atom. The number of urea groups is 1. The van der Waals surface area contributed by atoms with Crippen LogP contribution in [0.3, 0.4) is 0 Å². The van der Waals surface area contributed by atoms with E-state index in [2.05, 4.69) is 10.6 Å². The van der Waals surface area contributed by atoms with E-state index in [-0.39, 0.29) is 12.5 Å². The third-order valence-electron chi connectivity index (χ3n) is 5.76. The summed E-state index contributed by atoms with van der Waals surface area (Å²) in [5, 5.41) is 5.38. The standard InChI is InChI=1S/C22H20N4O6/c1-22(13-6-7-16-17(10-13)32-9-8-31-16)20(29)26(21(30)24-22)12-19(28)25-11-18(27)23-14-4-2-3-5-15(14)25/h2-7,10H,8-9,11-12H2,1H3,(H,23,27)(H,24,30)/t22-/m0/s1. The van der Waals surface area contributed by atoms with Gasteiger partial charge in [0.05, 0.1) is 11.4 Å². The van der Waals surface area contributed by atoms with Crippen LogP contribution in [0.2, 0.25) is 0 Å². The Hall–Kier alpha value is -4.08. The summed E-state index contributed by atoms with van der Waals surface area (Å²) in [5.41, 5.74) is 0.150. The Labute approximate surface area is 183 Å². The number of imide groups is 1. The number of carbonyl (C=O) groups is 4. The molecule has 0 aliphatic carbocycles. The molecule has 2 aromatic rings. The quantitative estimate of drug-likeness (QED) is 0.699. The van der Waals surface area contributed by atoms with Crippen molar-refractivity contribution in [2.75, 3.05) is 36.5 Å². The number of hydrogen-bond donors (Lipinski definition) is 2. The van der Waals surface area contributed by atoms with Crippen LogP contribution in [0.15, 0.2) is 42.5 Å². The molecule has 2 N–H and O–H groups in total. The molecule has 0 radical (unpaired) electrons. The lowest BCUT2D eigenvalue weighted by molar-refractivity contribution is -0.134. The molecule has 0 saturated carbocycles. The predicted molar refractivity (Wildman–Crippen MR) is 112 cm³/mol. The van der Waals surface area contributed by atoms with Gasteiger partial charge in [-0.05, 0) is 36.8 Å². The van der Waals surface area contributed by atoms with Crippen LogP contribution in [0.4, 0.5) is 16.2 Å². The molecule has 1 saturated heterocycles. The van der Waals surface area contributed by atoms with Gasteiger partial charge in [-0.2, -0.15) is 0 Å². The molecule has 164 valence electrons. The molecule has 5 rings (SSSR count). The Balaban J connectivity index is 1.39. The van der Waals surface area contributed by atoms with Gasteiger partial charge in [-0.3, -0.25) is 24.2 Å². The van der Waals surface area contributed by atoms with Crippen LogP contribution in [0, 0.1) is 0 Å². The number of nitrogens with zero attached hydrogens (tertiary/aromatic N) is 2. The molecule has 10 nitrogen and oxygen atoms in total. The van der Waals surface area contributed by atoms with Gasteiger partial charge in [-0.1, -0.05) is 18.2 Å². The third-order valence-corrected chi connectivity index (χ3v) is 5.76. The fourth-order valence-electron chi connectivity index (χ4n) is 4.07. The van der Waals surface area contributed by atoms with Gasteiger partial charge in [0.1, 0.15) is 31.8 Å². The highest BCUT2D eigenvalue weighted by molar-refractivity contribution is 6.14. The summed E-state index contributed by atoms with van der Waals surface area (Å²) in [4.78, 5) is 53.1. The summed E-state index contributed by atoms with van der Waals surface area (Å²) >= 11 is 0. The van der Waals surface area contributed by atoms with Crippen molar-refractivity contribution in [1.29, 1.82) is 0 Å². The molecule has 3 aliphatic heterocycles. The molecule has 2 aromatic carbocycles. The zero-order chi connectivity index (χ0) is 22.5. The number of anilines is 2. The zero-order valence-corrected chi connectivity index (χ0v) is 17.2. The largest absolute Gasteiger partial charge is 0.486 e. The lowest BCUT2D eigenvalue weighted by Gasteiger charge is -2.30. The molecule has 0 bridgehead atoms. The van der Waals surface area contributed by atoms with Crippen molar-refractivity contribution < 1.29 is 28.7 Å². The number of carbonyl (C=O) groups excluding carboxylic acids is 4. The van der Waals surface area contributed by atoms with Crippen molar-refractivity contribution in [2.45, 2.75) is 12.5 Å². The van der Waals surface area contributed by atoms with Crippen molar-refractivity contribution in [1.82, 2.24) is 10.2 Å². The summed E-state index contributed by atoms with van der Waals surface area (Å²) < 4.78 is 11.1. The highest BCUT2D eigenvalue weighted by atomic mass is 16.6. The first kappa shape index (κ1) is 19.9. The van der Waals surface area contributed by atoms with E-state index in [4.69, 9.17) is 9.47 Å². The van der Waals surface area contributed by atoms with Crippen LogP contribution in [0.1, 0.15) is 12.5 Å². The monoisotopic (exact) mass is 436 g/mol. The average molecular weight is 436 g/mol. The second kappa shape index (κ2) is 7.26. The summed E-state index contributed by atoms with van der Waals surface area (Å²) in [6.07, 6.45) is 0. The molecule has 3 aliphatic rings. The second-order valence-electron chi connectivity index (χ2n) is 7.85. The van der Waals surface area contributed by atoms with Gasteiger partial charge in [0.25, 0.3) is 5.91 Å². The molecule has 0 unspecified atom stereocenters. The van der Waals surface area contributed by atoms with Crippen LogP contribution in [-0.2, 0) is 19.9 Å². The number of para-hydroxylation sites is 2. The molecule has 0 spiro atoms. The molecule has 3 heterocycles. The van der Waals surface area contributed by atoms with E-state index in [1.165, 1.54) is 4.90 Å². The van der Waals surface area contributed by atoms with Crippen LogP contribution in [0.25, 0.3) is 0 Å². The van der Waals surface area contributed by atoms with E-state index >= 15 is 0 Å². The lowest BCUT2D eigenvalue weighted by Crippen LogP contribution is -2.48. The van der Waals surface area contributed by atoms with Crippen molar-refractivity contribution in [3.8, 4) is 11.5 Å². The number of amides is 5. The normalized spacial score (nSPS) is 21.7. The number of nitrogens with one attached hydrogen (secondary N) is 2. The van der Waals surface area contributed by atoms with Crippen molar-refractivity contribution in [3.05, 3.63) is 48.0 Å². The first-order chi connectivity index (χ1) is 15.4. The van der Waals surface area contributed by atoms with Crippen LogP contribution in [-0.4, -0.2) is 55.0 Å². The molecular formula is C22H20N4O6.